The SMILES string of the molecule is O=C(OCc1nnsc1Cl)c1c2c(nc3ccccc13)/C(=C\c1ccco1)CCC2. The first-order valence-corrected chi connectivity index (χ1v) is 10.7. The summed E-state index contributed by atoms with van der Waals surface area (Å²) in [5, 5.41) is 4.69. The molecule has 0 bridgehead atoms. The van der Waals surface area contributed by atoms with Gasteiger partial charge in [0, 0.05) is 16.9 Å². The second kappa shape index (κ2) is 8.01. The van der Waals surface area contributed by atoms with E-state index in [4.69, 9.17) is 25.7 Å². The fourth-order valence-electron chi connectivity index (χ4n) is 3.74. The lowest BCUT2D eigenvalue weighted by Crippen LogP contribution is -2.15. The molecule has 1 aromatic carbocycles. The fourth-order valence-corrected chi connectivity index (χ4v) is 4.34. The lowest BCUT2D eigenvalue weighted by Gasteiger charge is -2.22. The summed E-state index contributed by atoms with van der Waals surface area (Å²) in [6.45, 7) is -0.0192. The van der Waals surface area contributed by atoms with Crippen LogP contribution in [0.25, 0.3) is 22.6 Å². The van der Waals surface area contributed by atoms with Gasteiger partial charge in [0.05, 0.1) is 23.0 Å². The zero-order chi connectivity index (χ0) is 20.5. The van der Waals surface area contributed by atoms with Gasteiger partial charge in [0.1, 0.15) is 22.4 Å². The second-order valence-electron chi connectivity index (χ2n) is 6.94. The van der Waals surface area contributed by atoms with Crippen molar-refractivity contribution in [3.8, 4) is 0 Å². The molecule has 0 atom stereocenters. The number of ether oxygens (including phenoxy) is 1. The highest BCUT2D eigenvalue weighted by Crippen LogP contribution is 2.36. The van der Waals surface area contributed by atoms with Gasteiger partial charge in [0.2, 0.25) is 0 Å². The fraction of sp³-hybridized carbons (Fsp3) is 0.182. The van der Waals surface area contributed by atoms with Crippen LogP contribution in [0.4, 0.5) is 0 Å². The molecule has 30 heavy (non-hydrogen) atoms. The van der Waals surface area contributed by atoms with E-state index in [1.54, 1.807) is 6.26 Å². The molecule has 0 radical (unpaired) electrons. The van der Waals surface area contributed by atoms with Crippen LogP contribution >= 0.6 is 23.1 Å². The first-order chi connectivity index (χ1) is 14.7. The van der Waals surface area contributed by atoms with Crippen LogP contribution in [0, 0.1) is 0 Å². The largest absolute Gasteiger partial charge is 0.465 e. The van der Waals surface area contributed by atoms with Crippen LogP contribution in [0.3, 0.4) is 0 Å². The maximum Gasteiger partial charge on any atom is 0.339 e. The summed E-state index contributed by atoms with van der Waals surface area (Å²) in [5.41, 5.74) is 4.56. The van der Waals surface area contributed by atoms with Crippen LogP contribution in [0.5, 0.6) is 0 Å². The summed E-state index contributed by atoms with van der Waals surface area (Å²) < 4.78 is 15.3. The van der Waals surface area contributed by atoms with E-state index in [2.05, 4.69) is 9.59 Å². The number of benzene rings is 1. The Hall–Kier alpha value is -3.03. The van der Waals surface area contributed by atoms with Gasteiger partial charge in [-0.15, -0.1) is 5.10 Å². The van der Waals surface area contributed by atoms with E-state index in [0.717, 1.165) is 64.3 Å². The topological polar surface area (TPSA) is 78.1 Å². The molecule has 0 N–H and O–H groups in total. The van der Waals surface area contributed by atoms with Crippen LogP contribution in [0.1, 0.15) is 45.9 Å². The minimum atomic E-state index is -0.409. The molecule has 8 heteroatoms. The van der Waals surface area contributed by atoms with Gasteiger partial charge in [0.15, 0.2) is 0 Å². The second-order valence-corrected chi connectivity index (χ2v) is 8.30. The predicted octanol–water partition coefficient (Wildman–Crippen LogP) is 5.57. The Morgan fingerprint density at radius 3 is 2.93 bits per heavy atom. The van der Waals surface area contributed by atoms with Crippen molar-refractivity contribution < 1.29 is 13.9 Å². The molecule has 0 aliphatic heterocycles. The Morgan fingerprint density at radius 1 is 1.23 bits per heavy atom. The predicted molar refractivity (Wildman–Crippen MR) is 115 cm³/mol. The van der Waals surface area contributed by atoms with Crippen LogP contribution in [-0.2, 0) is 17.8 Å². The van der Waals surface area contributed by atoms with Gasteiger partial charge in [-0.2, -0.15) is 0 Å². The Labute approximate surface area is 181 Å². The zero-order valence-electron chi connectivity index (χ0n) is 15.8. The normalized spacial score (nSPS) is 14.8. The van der Waals surface area contributed by atoms with Gasteiger partial charge in [-0.05, 0) is 54.7 Å². The van der Waals surface area contributed by atoms with Crippen molar-refractivity contribution in [1.29, 1.82) is 0 Å². The molecule has 1 aliphatic carbocycles. The van der Waals surface area contributed by atoms with Crippen molar-refractivity contribution in [3.63, 3.8) is 0 Å². The number of hydrogen-bond donors (Lipinski definition) is 0. The van der Waals surface area contributed by atoms with Gasteiger partial charge < -0.3 is 9.15 Å². The third kappa shape index (κ3) is 3.51. The number of allylic oxidation sites excluding steroid dienone is 1. The molecule has 0 amide bonds. The first kappa shape index (κ1) is 19.0. The van der Waals surface area contributed by atoms with E-state index >= 15 is 0 Å². The number of halogens is 1. The quantitative estimate of drug-likeness (QED) is 0.388. The Bertz CT molecular complexity index is 1260. The summed E-state index contributed by atoms with van der Waals surface area (Å²) in [5.74, 6) is 0.357. The number of aromatic nitrogens is 3. The third-order valence-corrected chi connectivity index (χ3v) is 6.07. The molecule has 0 fully saturated rings. The number of nitrogens with zero attached hydrogens (tertiary/aromatic N) is 3. The van der Waals surface area contributed by atoms with Crippen LogP contribution in [0.2, 0.25) is 4.34 Å². The maximum atomic E-state index is 13.2. The molecule has 0 spiro atoms. The number of rotatable bonds is 4. The first-order valence-electron chi connectivity index (χ1n) is 9.50. The molecular weight excluding hydrogens is 422 g/mol. The van der Waals surface area contributed by atoms with Gasteiger partial charge in [0.25, 0.3) is 0 Å². The molecule has 5 rings (SSSR count). The molecule has 0 saturated carbocycles. The highest BCUT2D eigenvalue weighted by Gasteiger charge is 2.26. The van der Waals surface area contributed by atoms with Crippen molar-refractivity contribution in [2.75, 3.05) is 0 Å². The summed E-state index contributed by atoms with van der Waals surface area (Å²) in [7, 11) is 0. The number of carbonyl (C=O) groups excluding carboxylic acids is 1. The third-order valence-electron chi connectivity index (χ3n) is 5.08. The van der Waals surface area contributed by atoms with Crippen molar-refractivity contribution in [1.82, 2.24) is 14.6 Å². The average Bonchev–Trinajstić information content (AvgIpc) is 3.42. The van der Waals surface area contributed by atoms with Crippen molar-refractivity contribution in [3.05, 3.63) is 75.3 Å². The molecule has 4 aromatic rings. The molecule has 0 saturated heterocycles. The molecular formula is C22H16ClN3O3S. The highest BCUT2D eigenvalue weighted by atomic mass is 35.5. The molecule has 0 unspecified atom stereocenters. The van der Waals surface area contributed by atoms with E-state index in [0.29, 0.717) is 15.6 Å². The summed E-state index contributed by atoms with van der Waals surface area (Å²) >= 11 is 7.11. The number of furan rings is 1. The summed E-state index contributed by atoms with van der Waals surface area (Å²) in [4.78, 5) is 18.1. The Morgan fingerprint density at radius 2 is 2.13 bits per heavy atom. The lowest BCUT2D eigenvalue weighted by atomic mass is 9.86. The van der Waals surface area contributed by atoms with E-state index in [1.165, 1.54) is 0 Å². The van der Waals surface area contributed by atoms with E-state index in [-0.39, 0.29) is 6.61 Å². The minimum absolute atomic E-state index is 0.0192. The van der Waals surface area contributed by atoms with Crippen molar-refractivity contribution >= 4 is 51.7 Å². The van der Waals surface area contributed by atoms with Crippen LogP contribution in [-0.4, -0.2) is 20.5 Å². The number of fused-ring (bicyclic) bond motifs is 2. The summed E-state index contributed by atoms with van der Waals surface area (Å²) in [6.07, 6.45) is 6.18. The Balaban J connectivity index is 1.60. The summed E-state index contributed by atoms with van der Waals surface area (Å²) in [6, 6.07) is 11.4. The number of carbonyl (C=O) groups is 1. The molecule has 3 heterocycles. The monoisotopic (exact) mass is 437 g/mol. The lowest BCUT2D eigenvalue weighted by molar-refractivity contribution is 0.0468. The molecule has 150 valence electrons. The number of para-hydroxylation sites is 1. The van der Waals surface area contributed by atoms with E-state index in [9.17, 15) is 4.79 Å². The smallest absolute Gasteiger partial charge is 0.339 e. The van der Waals surface area contributed by atoms with Crippen molar-refractivity contribution in [2.45, 2.75) is 25.9 Å². The van der Waals surface area contributed by atoms with Gasteiger partial charge in [-0.25, -0.2) is 9.78 Å². The number of esters is 1. The minimum Gasteiger partial charge on any atom is -0.465 e. The van der Waals surface area contributed by atoms with Gasteiger partial charge in [-0.1, -0.05) is 34.3 Å². The van der Waals surface area contributed by atoms with E-state index in [1.807, 2.05) is 42.5 Å². The zero-order valence-corrected chi connectivity index (χ0v) is 17.4. The van der Waals surface area contributed by atoms with Crippen LogP contribution in [0.15, 0.2) is 47.1 Å². The molecule has 1 aliphatic rings. The van der Waals surface area contributed by atoms with Crippen molar-refractivity contribution in [2.24, 2.45) is 0 Å². The molecule has 3 aromatic heterocycles. The van der Waals surface area contributed by atoms with Gasteiger partial charge in [-0.3, -0.25) is 0 Å². The maximum absolute atomic E-state index is 13.2. The molecule has 6 nitrogen and oxygen atoms in total. The number of pyridine rings is 1. The average molecular weight is 438 g/mol. The standard InChI is InChI=1S/C22H16ClN3O3S/c23-21-18(25-26-30-21)12-29-22(27)19-15-7-1-2-9-17(15)24-20-13(5-3-8-16(19)20)11-14-6-4-10-28-14/h1-2,4,6-7,9-11H,3,5,8,12H2/b13-11-. The van der Waals surface area contributed by atoms with Crippen LogP contribution < -0.4 is 0 Å². The van der Waals surface area contributed by atoms with E-state index < -0.39 is 5.97 Å². The van der Waals surface area contributed by atoms with Gasteiger partial charge >= 0.3 is 5.97 Å². The highest BCUT2D eigenvalue weighted by molar-refractivity contribution is 7.10. The number of hydrogen-bond acceptors (Lipinski definition) is 7. The Kier molecular flexibility index (Phi) is 5.06.